The largest absolute Gasteiger partial charge is 0.466 e. The fourth-order valence-corrected chi connectivity index (χ4v) is 9.97. The number of amides is 1. The van der Waals surface area contributed by atoms with Crippen molar-refractivity contribution in [2.45, 2.75) is 360 Å². The minimum absolute atomic E-state index is 0.00230. The summed E-state index contributed by atoms with van der Waals surface area (Å²) in [5.41, 5.74) is 0. The van der Waals surface area contributed by atoms with Crippen molar-refractivity contribution >= 4 is 11.9 Å². The maximum atomic E-state index is 12.5. The van der Waals surface area contributed by atoms with Crippen molar-refractivity contribution in [3.8, 4) is 0 Å². The third-order valence-corrected chi connectivity index (χ3v) is 14.9. The molecule has 0 spiro atoms. The van der Waals surface area contributed by atoms with E-state index in [1.165, 1.54) is 270 Å². The smallest absolute Gasteiger partial charge is 0.305 e. The Balaban J connectivity index is 3.37. The third kappa shape index (κ3) is 57.4. The molecule has 6 nitrogen and oxygen atoms in total. The van der Waals surface area contributed by atoms with Gasteiger partial charge < -0.3 is 20.3 Å². The Hall–Kier alpha value is -1.92. The van der Waals surface area contributed by atoms with E-state index in [4.69, 9.17) is 4.74 Å². The van der Waals surface area contributed by atoms with Gasteiger partial charge in [-0.3, -0.25) is 9.59 Å². The van der Waals surface area contributed by atoms with E-state index in [1.807, 2.05) is 6.08 Å². The second-order valence-electron chi connectivity index (χ2n) is 22.1. The Morgan fingerprint density at radius 1 is 0.389 bits per heavy atom. The summed E-state index contributed by atoms with van der Waals surface area (Å²) >= 11 is 0. The van der Waals surface area contributed by atoms with Gasteiger partial charge in [-0.05, 0) is 57.8 Å². The zero-order valence-corrected chi connectivity index (χ0v) is 48.4. The van der Waals surface area contributed by atoms with Crippen LogP contribution in [0.15, 0.2) is 36.5 Å². The molecule has 0 saturated heterocycles. The molecule has 2 atom stereocenters. The number of nitrogens with one attached hydrogen (secondary N) is 1. The summed E-state index contributed by atoms with van der Waals surface area (Å²) in [6.07, 6.45) is 77.7. The standard InChI is InChI=1S/C66H125NO5/c1-3-5-7-9-11-13-15-17-31-35-38-42-46-50-54-58-64(69)63(62-68)67-65(70)59-55-51-47-43-39-36-32-29-27-25-23-21-19-18-20-22-24-26-28-30-33-37-41-45-49-53-57-61-72-66(71)60-56-52-48-44-40-34-16-14-12-10-8-6-4-2/h8,10,14,16,54,58,63-64,68-69H,3-7,9,11-13,15,17-53,55-57,59-62H2,1-2H3,(H,67,70)/b10-8-,16-14-,58-54+. The molecule has 0 aliphatic heterocycles. The van der Waals surface area contributed by atoms with Gasteiger partial charge in [0.15, 0.2) is 0 Å². The summed E-state index contributed by atoms with van der Waals surface area (Å²) in [6.45, 7) is 4.85. The van der Waals surface area contributed by atoms with Crippen molar-refractivity contribution in [1.29, 1.82) is 0 Å². The number of unbranched alkanes of at least 4 members (excludes halogenated alkanes) is 45. The molecule has 72 heavy (non-hydrogen) atoms. The molecule has 0 heterocycles. The van der Waals surface area contributed by atoms with E-state index in [1.54, 1.807) is 6.08 Å². The van der Waals surface area contributed by atoms with Gasteiger partial charge in [0.05, 0.1) is 25.4 Å². The molecular weight excluding hydrogens is 887 g/mol. The van der Waals surface area contributed by atoms with E-state index in [0.717, 1.165) is 51.4 Å². The van der Waals surface area contributed by atoms with Crippen molar-refractivity contribution in [2.24, 2.45) is 0 Å². The normalized spacial score (nSPS) is 12.8. The molecule has 0 aliphatic carbocycles. The second-order valence-corrected chi connectivity index (χ2v) is 22.1. The van der Waals surface area contributed by atoms with E-state index in [-0.39, 0.29) is 18.5 Å². The lowest BCUT2D eigenvalue weighted by Gasteiger charge is -2.20. The maximum absolute atomic E-state index is 12.5. The fourth-order valence-electron chi connectivity index (χ4n) is 9.97. The highest BCUT2D eigenvalue weighted by atomic mass is 16.5. The van der Waals surface area contributed by atoms with Crippen LogP contribution in [0.4, 0.5) is 0 Å². The highest BCUT2D eigenvalue weighted by molar-refractivity contribution is 5.76. The number of aliphatic hydroxyl groups excluding tert-OH is 2. The van der Waals surface area contributed by atoms with Gasteiger partial charge in [-0.1, -0.05) is 314 Å². The van der Waals surface area contributed by atoms with Gasteiger partial charge in [0.1, 0.15) is 0 Å². The number of hydrogen-bond acceptors (Lipinski definition) is 5. The summed E-state index contributed by atoms with van der Waals surface area (Å²) in [5.74, 6) is -0.0615. The number of carbonyl (C=O) groups excluding carboxylic acids is 2. The Morgan fingerprint density at radius 3 is 1.11 bits per heavy atom. The van der Waals surface area contributed by atoms with Gasteiger partial charge >= 0.3 is 5.97 Å². The van der Waals surface area contributed by atoms with Gasteiger partial charge in [0, 0.05) is 12.8 Å². The maximum Gasteiger partial charge on any atom is 0.305 e. The summed E-state index contributed by atoms with van der Waals surface area (Å²) in [6, 6.07) is -0.625. The number of carbonyl (C=O) groups is 2. The van der Waals surface area contributed by atoms with Crippen molar-refractivity contribution in [3.05, 3.63) is 36.5 Å². The van der Waals surface area contributed by atoms with Crippen molar-refractivity contribution in [2.75, 3.05) is 13.2 Å². The third-order valence-electron chi connectivity index (χ3n) is 14.9. The van der Waals surface area contributed by atoms with E-state index >= 15 is 0 Å². The Morgan fingerprint density at radius 2 is 0.722 bits per heavy atom. The SMILES string of the molecule is CCC/C=C\C/C=C\CCCCCCCC(=O)OCCCCCCCCCCCCCCCCCCCCCCCCCCCCCC(=O)NC(CO)C(O)/C=C/CCCCCCCCCCCCCCC. The molecule has 0 aromatic rings. The molecule has 0 fully saturated rings. The van der Waals surface area contributed by atoms with E-state index in [2.05, 4.69) is 43.5 Å². The molecule has 0 aromatic carbocycles. The molecule has 0 aliphatic rings. The van der Waals surface area contributed by atoms with Crippen LogP contribution in [-0.2, 0) is 14.3 Å². The first-order valence-corrected chi connectivity index (χ1v) is 32.3. The first-order chi connectivity index (χ1) is 35.5. The predicted octanol–water partition coefficient (Wildman–Crippen LogP) is 20.4. The Bertz CT molecular complexity index is 1170. The molecule has 1 amide bonds. The molecule has 424 valence electrons. The summed E-state index contributed by atoms with van der Waals surface area (Å²) < 4.78 is 5.47. The minimum atomic E-state index is -0.842. The molecule has 2 unspecified atom stereocenters. The molecule has 0 bridgehead atoms. The molecular formula is C66H125NO5. The topological polar surface area (TPSA) is 95.9 Å². The summed E-state index contributed by atoms with van der Waals surface area (Å²) in [5, 5.41) is 23.1. The lowest BCUT2D eigenvalue weighted by atomic mass is 10.0. The zero-order chi connectivity index (χ0) is 52.2. The molecule has 6 heteroatoms. The van der Waals surface area contributed by atoms with Crippen LogP contribution in [0.2, 0.25) is 0 Å². The van der Waals surface area contributed by atoms with Crippen LogP contribution >= 0.6 is 0 Å². The van der Waals surface area contributed by atoms with Crippen LogP contribution in [0.1, 0.15) is 348 Å². The van der Waals surface area contributed by atoms with Crippen LogP contribution in [0, 0.1) is 0 Å². The average Bonchev–Trinajstić information content (AvgIpc) is 3.38. The Labute approximate surface area is 449 Å². The van der Waals surface area contributed by atoms with Gasteiger partial charge in [-0.25, -0.2) is 0 Å². The van der Waals surface area contributed by atoms with Gasteiger partial charge in [-0.15, -0.1) is 0 Å². The summed E-state index contributed by atoms with van der Waals surface area (Å²) in [7, 11) is 0. The van der Waals surface area contributed by atoms with Crippen LogP contribution in [-0.4, -0.2) is 47.4 Å². The Kier molecular flexibility index (Phi) is 60.0. The van der Waals surface area contributed by atoms with E-state index < -0.39 is 12.1 Å². The van der Waals surface area contributed by atoms with Crippen LogP contribution in [0.3, 0.4) is 0 Å². The highest BCUT2D eigenvalue weighted by Gasteiger charge is 2.18. The lowest BCUT2D eigenvalue weighted by Crippen LogP contribution is -2.45. The van der Waals surface area contributed by atoms with Gasteiger partial charge in [0.25, 0.3) is 0 Å². The number of allylic oxidation sites excluding steroid dienone is 5. The van der Waals surface area contributed by atoms with Crippen molar-refractivity contribution < 1.29 is 24.5 Å². The average molecular weight is 1010 g/mol. The first kappa shape index (κ1) is 70.1. The van der Waals surface area contributed by atoms with Crippen molar-refractivity contribution in [3.63, 3.8) is 0 Å². The monoisotopic (exact) mass is 1010 g/mol. The molecule has 0 radical (unpaired) electrons. The van der Waals surface area contributed by atoms with E-state index in [0.29, 0.717) is 19.4 Å². The van der Waals surface area contributed by atoms with Crippen molar-refractivity contribution in [1.82, 2.24) is 5.32 Å². The molecule has 0 aromatic heterocycles. The first-order valence-electron chi connectivity index (χ1n) is 32.3. The number of hydrogen-bond donors (Lipinski definition) is 3. The molecule has 3 N–H and O–H groups in total. The fraction of sp³-hybridized carbons (Fsp3) is 0.879. The number of rotatable bonds is 60. The number of ether oxygens (including phenoxy) is 1. The zero-order valence-electron chi connectivity index (χ0n) is 48.4. The van der Waals surface area contributed by atoms with Crippen LogP contribution < -0.4 is 5.32 Å². The predicted molar refractivity (Wildman–Crippen MR) is 315 cm³/mol. The summed E-state index contributed by atoms with van der Waals surface area (Å²) in [4.78, 5) is 24.5. The van der Waals surface area contributed by atoms with E-state index in [9.17, 15) is 19.8 Å². The molecule has 0 rings (SSSR count). The lowest BCUT2D eigenvalue weighted by molar-refractivity contribution is -0.143. The van der Waals surface area contributed by atoms with Crippen LogP contribution in [0.5, 0.6) is 0 Å². The number of esters is 1. The quantitative estimate of drug-likeness (QED) is 0.0320. The van der Waals surface area contributed by atoms with Crippen LogP contribution in [0.25, 0.3) is 0 Å². The number of aliphatic hydroxyl groups is 2. The minimum Gasteiger partial charge on any atom is -0.466 e. The highest BCUT2D eigenvalue weighted by Crippen LogP contribution is 2.18. The van der Waals surface area contributed by atoms with Gasteiger partial charge in [0.2, 0.25) is 5.91 Å². The second kappa shape index (κ2) is 61.6. The van der Waals surface area contributed by atoms with Gasteiger partial charge in [-0.2, -0.15) is 0 Å². The molecule has 0 saturated carbocycles.